The fourth-order valence-corrected chi connectivity index (χ4v) is 3.47. The zero-order valence-electron chi connectivity index (χ0n) is 16.0. The van der Waals surface area contributed by atoms with Crippen molar-refractivity contribution in [2.75, 3.05) is 18.4 Å². The lowest BCUT2D eigenvalue weighted by atomic mass is 10.2. The van der Waals surface area contributed by atoms with Gasteiger partial charge in [0.15, 0.2) is 11.5 Å². The fraction of sp³-hybridized carbons (Fsp3) is 0.526. The van der Waals surface area contributed by atoms with Crippen LogP contribution in [0.25, 0.3) is 0 Å². The smallest absolute Gasteiger partial charge is 0.292 e. The van der Waals surface area contributed by atoms with Crippen LogP contribution in [0.5, 0.6) is 0 Å². The van der Waals surface area contributed by atoms with Gasteiger partial charge in [0, 0.05) is 25.1 Å². The minimum Gasteiger partial charge on any atom is -0.456 e. The number of nitrogens with two attached hydrogens (primary N) is 1. The number of hydrogen-bond acceptors (Lipinski definition) is 5. The second-order valence-electron chi connectivity index (χ2n) is 6.85. The quantitative estimate of drug-likeness (QED) is 0.739. The second-order valence-corrected chi connectivity index (χ2v) is 6.85. The van der Waals surface area contributed by atoms with Gasteiger partial charge < -0.3 is 20.0 Å². The van der Waals surface area contributed by atoms with Gasteiger partial charge in [0.2, 0.25) is 0 Å². The van der Waals surface area contributed by atoms with Gasteiger partial charge in [-0.05, 0) is 38.4 Å². The Kier molecular flexibility index (Phi) is 5.95. The molecule has 0 aromatic carbocycles. The van der Waals surface area contributed by atoms with Gasteiger partial charge in [0.25, 0.3) is 11.8 Å². The van der Waals surface area contributed by atoms with Crippen LogP contribution in [0, 0.1) is 0 Å². The SMILES string of the molecule is CCCn1cnc(C(N)=O)c1NC(=O)c1cc(CN2CCCC2)c(CC)o1. The Bertz CT molecular complexity index is 817. The van der Waals surface area contributed by atoms with Crippen molar-refractivity contribution < 1.29 is 14.0 Å². The van der Waals surface area contributed by atoms with E-state index in [1.807, 2.05) is 13.8 Å². The standard InChI is InChI=1S/C19H27N5O3/c1-3-7-24-12-21-16(17(20)25)18(24)22-19(26)15-10-13(14(4-2)27-15)11-23-8-5-6-9-23/h10,12H,3-9,11H2,1-2H3,(H2,20,25)(H,22,26). The number of anilines is 1. The summed E-state index contributed by atoms with van der Waals surface area (Å²) in [5.74, 6) is 0.288. The van der Waals surface area contributed by atoms with E-state index in [-0.39, 0.29) is 11.5 Å². The highest BCUT2D eigenvalue weighted by Crippen LogP contribution is 2.22. The maximum atomic E-state index is 12.8. The summed E-state index contributed by atoms with van der Waals surface area (Å²) in [6.45, 7) is 7.58. The van der Waals surface area contributed by atoms with Gasteiger partial charge >= 0.3 is 0 Å². The molecule has 146 valence electrons. The van der Waals surface area contributed by atoms with E-state index in [2.05, 4.69) is 15.2 Å². The lowest BCUT2D eigenvalue weighted by molar-refractivity contribution is 0.0994. The molecule has 0 radical (unpaired) electrons. The molecule has 0 atom stereocenters. The molecule has 1 saturated heterocycles. The van der Waals surface area contributed by atoms with E-state index in [1.165, 1.54) is 19.2 Å². The fourth-order valence-electron chi connectivity index (χ4n) is 3.47. The van der Waals surface area contributed by atoms with Crippen molar-refractivity contribution in [1.82, 2.24) is 14.5 Å². The summed E-state index contributed by atoms with van der Waals surface area (Å²) in [7, 11) is 0. The van der Waals surface area contributed by atoms with E-state index < -0.39 is 11.8 Å². The van der Waals surface area contributed by atoms with Crippen LogP contribution in [0.2, 0.25) is 0 Å². The van der Waals surface area contributed by atoms with Crippen molar-refractivity contribution in [3.63, 3.8) is 0 Å². The predicted octanol–water partition coefficient (Wildman–Crippen LogP) is 2.40. The second kappa shape index (κ2) is 8.39. The number of rotatable bonds is 8. The molecule has 3 N–H and O–H groups in total. The van der Waals surface area contributed by atoms with Gasteiger partial charge in [-0.3, -0.25) is 14.5 Å². The topological polar surface area (TPSA) is 106 Å². The molecule has 0 saturated carbocycles. The first kappa shape index (κ1) is 19.2. The van der Waals surface area contributed by atoms with Crippen LogP contribution in [-0.4, -0.2) is 39.4 Å². The minimum atomic E-state index is -0.677. The summed E-state index contributed by atoms with van der Waals surface area (Å²) < 4.78 is 7.52. The molecular formula is C19H27N5O3. The molecule has 27 heavy (non-hydrogen) atoms. The Morgan fingerprint density at radius 1 is 1.30 bits per heavy atom. The molecule has 0 bridgehead atoms. The number of carbonyl (C=O) groups excluding carboxylic acids is 2. The number of furan rings is 1. The number of hydrogen-bond donors (Lipinski definition) is 2. The van der Waals surface area contributed by atoms with Crippen molar-refractivity contribution in [3.8, 4) is 0 Å². The van der Waals surface area contributed by atoms with E-state index in [0.717, 1.165) is 43.8 Å². The summed E-state index contributed by atoms with van der Waals surface area (Å²) in [5, 5.41) is 2.75. The number of aryl methyl sites for hydroxylation is 2. The van der Waals surface area contributed by atoms with E-state index in [4.69, 9.17) is 10.2 Å². The van der Waals surface area contributed by atoms with Gasteiger partial charge in [0.05, 0.1) is 6.33 Å². The van der Waals surface area contributed by atoms with Gasteiger partial charge in [-0.15, -0.1) is 0 Å². The van der Waals surface area contributed by atoms with Crippen LogP contribution < -0.4 is 11.1 Å². The summed E-state index contributed by atoms with van der Waals surface area (Å²) >= 11 is 0. The Labute approximate surface area is 158 Å². The molecule has 8 heteroatoms. The zero-order chi connectivity index (χ0) is 19.4. The zero-order valence-corrected chi connectivity index (χ0v) is 16.0. The first-order chi connectivity index (χ1) is 13.0. The number of nitrogens with one attached hydrogen (secondary N) is 1. The molecular weight excluding hydrogens is 346 g/mol. The van der Waals surface area contributed by atoms with Crippen LogP contribution in [0.4, 0.5) is 5.82 Å². The summed E-state index contributed by atoms with van der Waals surface area (Å²) in [6, 6.07) is 1.80. The Balaban J connectivity index is 1.81. The predicted molar refractivity (Wildman–Crippen MR) is 102 cm³/mol. The van der Waals surface area contributed by atoms with Crippen LogP contribution in [0.15, 0.2) is 16.8 Å². The first-order valence-electron chi connectivity index (χ1n) is 9.53. The third-order valence-electron chi connectivity index (χ3n) is 4.80. The monoisotopic (exact) mass is 373 g/mol. The lowest BCUT2D eigenvalue weighted by Gasteiger charge is -2.13. The van der Waals surface area contributed by atoms with Gasteiger partial charge in [-0.2, -0.15) is 0 Å². The normalized spacial score (nSPS) is 14.6. The largest absolute Gasteiger partial charge is 0.456 e. The summed E-state index contributed by atoms with van der Waals surface area (Å²) in [5.41, 5.74) is 6.48. The van der Waals surface area contributed by atoms with Crippen molar-refractivity contribution in [2.45, 2.75) is 52.6 Å². The Hall–Kier alpha value is -2.61. The summed E-state index contributed by atoms with van der Waals surface area (Å²) in [4.78, 5) is 30.8. The van der Waals surface area contributed by atoms with Crippen LogP contribution in [0.1, 0.15) is 65.5 Å². The third kappa shape index (κ3) is 4.21. The molecule has 1 fully saturated rings. The molecule has 0 unspecified atom stereocenters. The van der Waals surface area contributed by atoms with E-state index in [9.17, 15) is 9.59 Å². The molecule has 3 rings (SSSR count). The molecule has 2 amide bonds. The van der Waals surface area contributed by atoms with Crippen molar-refractivity contribution in [3.05, 3.63) is 35.2 Å². The van der Waals surface area contributed by atoms with Gasteiger partial charge in [0.1, 0.15) is 11.6 Å². The first-order valence-corrected chi connectivity index (χ1v) is 9.53. The average Bonchev–Trinajstić information content (AvgIpc) is 3.36. The molecule has 2 aromatic rings. The van der Waals surface area contributed by atoms with Crippen molar-refractivity contribution in [1.29, 1.82) is 0 Å². The number of primary amides is 1. The molecule has 2 aromatic heterocycles. The molecule has 1 aliphatic rings. The number of carbonyl (C=O) groups is 2. The molecule has 3 heterocycles. The highest BCUT2D eigenvalue weighted by atomic mass is 16.4. The van der Waals surface area contributed by atoms with Crippen LogP contribution >= 0.6 is 0 Å². The highest BCUT2D eigenvalue weighted by Gasteiger charge is 2.23. The van der Waals surface area contributed by atoms with E-state index in [1.54, 1.807) is 10.6 Å². The van der Waals surface area contributed by atoms with Crippen LogP contribution in [0.3, 0.4) is 0 Å². The third-order valence-corrected chi connectivity index (χ3v) is 4.80. The number of imidazole rings is 1. The molecule has 0 spiro atoms. The van der Waals surface area contributed by atoms with Crippen molar-refractivity contribution in [2.24, 2.45) is 5.73 Å². The average molecular weight is 373 g/mol. The molecule has 8 nitrogen and oxygen atoms in total. The van der Waals surface area contributed by atoms with E-state index >= 15 is 0 Å². The minimum absolute atomic E-state index is 0.0522. The Morgan fingerprint density at radius 2 is 2.04 bits per heavy atom. The van der Waals surface area contributed by atoms with Crippen molar-refractivity contribution >= 4 is 17.6 Å². The van der Waals surface area contributed by atoms with Gasteiger partial charge in [-0.1, -0.05) is 13.8 Å². The maximum Gasteiger partial charge on any atom is 0.292 e. The van der Waals surface area contributed by atoms with Crippen LogP contribution in [-0.2, 0) is 19.5 Å². The maximum absolute atomic E-state index is 12.8. The highest BCUT2D eigenvalue weighted by molar-refractivity contribution is 6.06. The van der Waals surface area contributed by atoms with E-state index in [0.29, 0.717) is 12.4 Å². The molecule has 0 aliphatic carbocycles. The number of amides is 2. The molecule has 1 aliphatic heterocycles. The lowest BCUT2D eigenvalue weighted by Crippen LogP contribution is -2.20. The summed E-state index contributed by atoms with van der Waals surface area (Å²) in [6.07, 6.45) is 5.49. The number of likely N-dealkylation sites (tertiary alicyclic amines) is 1. The van der Waals surface area contributed by atoms with Gasteiger partial charge in [-0.25, -0.2) is 4.98 Å². The Morgan fingerprint density at radius 3 is 2.67 bits per heavy atom. The number of nitrogens with zero attached hydrogens (tertiary/aromatic N) is 3. The number of aromatic nitrogens is 2.